The van der Waals surface area contributed by atoms with Gasteiger partial charge < -0.3 is 4.90 Å². The summed E-state index contributed by atoms with van der Waals surface area (Å²) in [6, 6.07) is -0.271. The molecule has 1 saturated heterocycles. The van der Waals surface area contributed by atoms with Crippen LogP contribution < -0.4 is 0 Å². The molecule has 0 spiro atoms. The highest BCUT2D eigenvalue weighted by Gasteiger charge is 2.34. The molecule has 102 valence electrons. The van der Waals surface area contributed by atoms with Crippen LogP contribution in [0.1, 0.15) is 16.2 Å². The van der Waals surface area contributed by atoms with Crippen molar-refractivity contribution in [3.8, 4) is 0 Å². The van der Waals surface area contributed by atoms with E-state index in [0.717, 1.165) is 11.3 Å². The Morgan fingerprint density at radius 1 is 1.58 bits per heavy atom. The normalized spacial score (nSPS) is 21.8. The summed E-state index contributed by atoms with van der Waals surface area (Å²) in [5.41, 5.74) is 0. The molecule has 3 rings (SSSR count). The SMILES string of the molecule is CN(C(=O)c1nn2cnnc2s1)C1CCS(=O)(=O)C1. The fraction of sp³-hybridized carbons (Fsp3) is 0.556. The van der Waals surface area contributed by atoms with E-state index in [2.05, 4.69) is 15.3 Å². The lowest BCUT2D eigenvalue weighted by Gasteiger charge is -2.21. The molecule has 2 aromatic rings. The zero-order chi connectivity index (χ0) is 13.6. The minimum Gasteiger partial charge on any atom is -0.336 e. The summed E-state index contributed by atoms with van der Waals surface area (Å²) in [5.74, 6) is -0.114. The number of hydrogen-bond donors (Lipinski definition) is 0. The van der Waals surface area contributed by atoms with Crippen molar-refractivity contribution in [1.82, 2.24) is 24.7 Å². The first-order valence-electron chi connectivity index (χ1n) is 5.61. The smallest absolute Gasteiger partial charge is 0.284 e. The Labute approximate surface area is 113 Å². The van der Waals surface area contributed by atoms with E-state index in [1.54, 1.807) is 7.05 Å². The van der Waals surface area contributed by atoms with Crippen molar-refractivity contribution in [3.05, 3.63) is 11.3 Å². The van der Waals surface area contributed by atoms with Gasteiger partial charge in [-0.25, -0.2) is 8.42 Å². The molecule has 0 aromatic carbocycles. The van der Waals surface area contributed by atoms with Crippen molar-refractivity contribution in [2.45, 2.75) is 12.5 Å². The molecule has 1 unspecified atom stereocenters. The summed E-state index contributed by atoms with van der Waals surface area (Å²) in [5, 5.41) is 11.8. The molecular formula is C9H11N5O3S2. The third-order valence-corrected chi connectivity index (χ3v) is 5.80. The van der Waals surface area contributed by atoms with Crippen LogP contribution in [0, 0.1) is 0 Å². The van der Waals surface area contributed by atoms with Crippen LogP contribution in [0.3, 0.4) is 0 Å². The van der Waals surface area contributed by atoms with Crippen molar-refractivity contribution in [1.29, 1.82) is 0 Å². The Hall–Kier alpha value is -1.55. The number of nitrogens with zero attached hydrogens (tertiary/aromatic N) is 5. The molecule has 2 aromatic heterocycles. The van der Waals surface area contributed by atoms with Crippen molar-refractivity contribution in [2.75, 3.05) is 18.6 Å². The van der Waals surface area contributed by atoms with Gasteiger partial charge in [-0.1, -0.05) is 11.3 Å². The Morgan fingerprint density at radius 3 is 3.00 bits per heavy atom. The molecule has 8 nitrogen and oxygen atoms in total. The van der Waals surface area contributed by atoms with Crippen LogP contribution in [0.5, 0.6) is 0 Å². The summed E-state index contributed by atoms with van der Waals surface area (Å²) >= 11 is 1.14. The predicted octanol–water partition coefficient (Wildman–Crippen LogP) is -0.555. The van der Waals surface area contributed by atoms with Gasteiger partial charge in [0.1, 0.15) is 6.33 Å². The predicted molar refractivity (Wildman–Crippen MR) is 67.8 cm³/mol. The van der Waals surface area contributed by atoms with Crippen LogP contribution in [0.4, 0.5) is 0 Å². The zero-order valence-electron chi connectivity index (χ0n) is 10.1. The van der Waals surface area contributed by atoms with Gasteiger partial charge in [0.15, 0.2) is 9.84 Å². The van der Waals surface area contributed by atoms with Crippen LogP contribution in [-0.2, 0) is 9.84 Å². The molecule has 1 aliphatic heterocycles. The molecule has 1 aliphatic rings. The van der Waals surface area contributed by atoms with E-state index in [0.29, 0.717) is 11.4 Å². The van der Waals surface area contributed by atoms with E-state index in [-0.39, 0.29) is 28.5 Å². The number of rotatable bonds is 2. The summed E-state index contributed by atoms with van der Waals surface area (Å²) < 4.78 is 24.3. The van der Waals surface area contributed by atoms with Gasteiger partial charge in [-0.2, -0.15) is 4.52 Å². The summed E-state index contributed by atoms with van der Waals surface area (Å²) in [6.07, 6.45) is 1.90. The van der Waals surface area contributed by atoms with Gasteiger partial charge in [0.2, 0.25) is 9.97 Å². The summed E-state index contributed by atoms with van der Waals surface area (Å²) in [6.45, 7) is 0. The molecule has 0 bridgehead atoms. The molecule has 3 heterocycles. The Morgan fingerprint density at radius 2 is 2.37 bits per heavy atom. The molecule has 0 N–H and O–H groups in total. The maximum Gasteiger partial charge on any atom is 0.284 e. The minimum atomic E-state index is -3.01. The lowest BCUT2D eigenvalue weighted by Crippen LogP contribution is -2.37. The number of carbonyl (C=O) groups is 1. The topological polar surface area (TPSA) is 97.5 Å². The average molecular weight is 301 g/mol. The quantitative estimate of drug-likeness (QED) is 0.738. The van der Waals surface area contributed by atoms with Crippen molar-refractivity contribution < 1.29 is 13.2 Å². The van der Waals surface area contributed by atoms with Gasteiger partial charge in [-0.15, -0.1) is 15.3 Å². The van der Waals surface area contributed by atoms with E-state index < -0.39 is 9.84 Å². The Kier molecular flexibility index (Phi) is 2.78. The fourth-order valence-electron chi connectivity index (χ4n) is 2.04. The molecule has 1 atom stereocenters. The summed E-state index contributed by atoms with van der Waals surface area (Å²) in [4.78, 5) is 14.2. The second-order valence-electron chi connectivity index (χ2n) is 4.44. The number of fused-ring (bicyclic) bond motifs is 1. The van der Waals surface area contributed by atoms with Crippen molar-refractivity contribution >= 4 is 32.0 Å². The number of amides is 1. The third-order valence-electron chi connectivity index (χ3n) is 3.15. The number of hydrogen-bond acceptors (Lipinski definition) is 7. The molecular weight excluding hydrogens is 290 g/mol. The Balaban J connectivity index is 1.82. The molecule has 10 heteroatoms. The first-order chi connectivity index (χ1) is 8.96. The molecule has 1 fully saturated rings. The van der Waals surface area contributed by atoms with Gasteiger partial charge in [0.05, 0.1) is 11.5 Å². The third kappa shape index (κ3) is 2.21. The lowest BCUT2D eigenvalue weighted by atomic mass is 10.2. The van der Waals surface area contributed by atoms with E-state index >= 15 is 0 Å². The molecule has 0 aliphatic carbocycles. The van der Waals surface area contributed by atoms with Crippen molar-refractivity contribution in [2.24, 2.45) is 0 Å². The van der Waals surface area contributed by atoms with E-state index in [4.69, 9.17) is 0 Å². The zero-order valence-corrected chi connectivity index (χ0v) is 11.7. The second-order valence-corrected chi connectivity index (χ2v) is 7.62. The molecule has 0 saturated carbocycles. The van der Waals surface area contributed by atoms with Crippen LogP contribution in [0.15, 0.2) is 6.33 Å². The fourth-order valence-corrected chi connectivity index (χ4v) is 4.62. The van der Waals surface area contributed by atoms with E-state index in [1.165, 1.54) is 15.7 Å². The van der Waals surface area contributed by atoms with Crippen LogP contribution >= 0.6 is 11.3 Å². The van der Waals surface area contributed by atoms with Gasteiger partial charge in [0, 0.05) is 13.1 Å². The second kappa shape index (κ2) is 4.23. The number of aromatic nitrogens is 4. The molecule has 0 radical (unpaired) electrons. The maximum atomic E-state index is 12.2. The standard InChI is InChI=1S/C9H11N5O3S2/c1-13(6-2-3-19(16,17)4-6)8(15)7-12-14-5-10-11-9(14)18-7/h5-6H,2-4H2,1H3. The van der Waals surface area contributed by atoms with E-state index in [1.807, 2.05) is 0 Å². The van der Waals surface area contributed by atoms with Crippen LogP contribution in [-0.4, -0.2) is 63.6 Å². The maximum absolute atomic E-state index is 12.2. The first kappa shape index (κ1) is 12.5. The lowest BCUT2D eigenvalue weighted by molar-refractivity contribution is 0.0746. The highest BCUT2D eigenvalue weighted by molar-refractivity contribution is 7.91. The monoisotopic (exact) mass is 301 g/mol. The highest BCUT2D eigenvalue weighted by Crippen LogP contribution is 2.20. The number of sulfone groups is 1. The summed E-state index contributed by atoms with van der Waals surface area (Å²) in [7, 11) is -1.40. The largest absolute Gasteiger partial charge is 0.336 e. The van der Waals surface area contributed by atoms with Crippen molar-refractivity contribution in [3.63, 3.8) is 0 Å². The van der Waals surface area contributed by atoms with E-state index in [9.17, 15) is 13.2 Å². The molecule has 1 amide bonds. The van der Waals surface area contributed by atoms with Gasteiger partial charge in [0.25, 0.3) is 5.91 Å². The van der Waals surface area contributed by atoms with Crippen LogP contribution in [0.25, 0.3) is 4.96 Å². The molecule has 19 heavy (non-hydrogen) atoms. The number of carbonyl (C=O) groups excluding carboxylic acids is 1. The minimum absolute atomic E-state index is 0.0271. The Bertz CT molecular complexity index is 705. The van der Waals surface area contributed by atoms with Gasteiger partial charge >= 0.3 is 0 Å². The average Bonchev–Trinajstić information content (AvgIpc) is 3.00. The van der Waals surface area contributed by atoms with Gasteiger partial charge in [-0.3, -0.25) is 4.79 Å². The highest BCUT2D eigenvalue weighted by atomic mass is 32.2. The first-order valence-corrected chi connectivity index (χ1v) is 8.24. The van der Waals surface area contributed by atoms with Gasteiger partial charge in [-0.05, 0) is 6.42 Å². The van der Waals surface area contributed by atoms with Crippen LogP contribution in [0.2, 0.25) is 0 Å².